The third-order valence-corrected chi connectivity index (χ3v) is 17.6. The third-order valence-electron chi connectivity index (χ3n) is 15.7. The Morgan fingerprint density at radius 1 is 0.379 bits per heavy atom. The molecule has 3 N–H and O–H groups in total. The predicted octanol–water partition coefficient (Wildman–Crippen LogP) is 18.6. The number of hydrogen-bond donors (Lipinski definition) is 3. The number of aliphatic hydroxyl groups excluding tert-OH is 1. The Hall–Kier alpha value is -2.46. The lowest BCUT2D eigenvalue weighted by Gasteiger charge is -2.21. The normalized spacial score (nSPS) is 15.1. The first-order chi connectivity index (χ1) is 41.8. The Kier molecular flexibility index (Phi) is 57.0. The molecule has 0 aliphatic heterocycles. The van der Waals surface area contributed by atoms with Gasteiger partial charge in [-0.1, -0.05) is 259 Å². The van der Waals surface area contributed by atoms with Crippen molar-refractivity contribution in [2.45, 2.75) is 330 Å². The van der Waals surface area contributed by atoms with Crippen LogP contribution in [0.2, 0.25) is 0 Å². The lowest BCUT2D eigenvalue weighted by Crippen LogP contribution is -2.30. The van der Waals surface area contributed by atoms with E-state index in [1.165, 1.54) is 96.3 Å². The van der Waals surface area contributed by atoms with E-state index in [0.29, 0.717) is 37.5 Å². The summed E-state index contributed by atoms with van der Waals surface area (Å²) >= 11 is 0. The van der Waals surface area contributed by atoms with Gasteiger partial charge in [0.15, 0.2) is 12.2 Å². The molecule has 0 heterocycles. The minimum absolute atomic E-state index is 0.0955. The Balaban J connectivity index is 5.28. The second-order valence-electron chi connectivity index (χ2n) is 24.8. The van der Waals surface area contributed by atoms with Crippen molar-refractivity contribution in [1.82, 2.24) is 0 Å². The van der Waals surface area contributed by atoms with Gasteiger partial charge in [0.25, 0.3) is 0 Å². The van der Waals surface area contributed by atoms with Crippen molar-refractivity contribution in [2.75, 3.05) is 39.6 Å². The van der Waals surface area contributed by atoms with Crippen LogP contribution in [0.25, 0.3) is 0 Å². The summed E-state index contributed by atoms with van der Waals surface area (Å²) in [4.78, 5) is 72.4. The van der Waals surface area contributed by atoms with Crippen LogP contribution in [0.3, 0.4) is 0 Å². The third kappa shape index (κ3) is 59.6. The molecule has 0 aliphatic rings. The maximum absolute atomic E-state index is 13.0. The molecule has 19 heteroatoms. The van der Waals surface area contributed by atoms with Crippen LogP contribution in [0.15, 0.2) is 24.3 Å². The molecule has 0 aromatic heterocycles. The smallest absolute Gasteiger partial charge is 0.462 e. The molecule has 0 spiro atoms. The van der Waals surface area contributed by atoms with Gasteiger partial charge in [-0.15, -0.1) is 0 Å². The first kappa shape index (κ1) is 84.5. The molecule has 0 saturated carbocycles. The zero-order chi connectivity index (χ0) is 64.5. The van der Waals surface area contributed by atoms with E-state index in [0.717, 1.165) is 121 Å². The Bertz CT molecular complexity index is 1810. The van der Waals surface area contributed by atoms with Gasteiger partial charge in [-0.3, -0.25) is 37.3 Å². The van der Waals surface area contributed by atoms with Crippen LogP contribution in [0.1, 0.15) is 312 Å². The van der Waals surface area contributed by atoms with Gasteiger partial charge in [-0.2, -0.15) is 0 Å². The Morgan fingerprint density at radius 3 is 1.02 bits per heavy atom. The minimum atomic E-state index is -4.96. The molecule has 0 fully saturated rings. The van der Waals surface area contributed by atoms with Gasteiger partial charge in [0.2, 0.25) is 0 Å². The standard InChI is InChI=1S/C68H128O17P2/c1-8-11-12-13-14-15-16-17-18-19-20-21-27-35-42-49-65(70)78-56-64(85-68(73)52-45-38-31-30-34-41-48-61(7)10-3)58-83-87(76,77)81-54-62(69)53-80-86(74,75)82-57-63(55-79-66(71)50-43-36-29-24-25-32-39-46-59(4)5)84-67(72)51-44-37-28-23-22-26-33-40-47-60(6)9-2/h15-18,59-64,69H,8-14,19-58H2,1-7H3,(H,74,75)(H,76,77)/b16-15-,18-17-/t60?,61?,62?,63-,64-/m1/s1. The van der Waals surface area contributed by atoms with Crippen molar-refractivity contribution in [1.29, 1.82) is 0 Å². The van der Waals surface area contributed by atoms with Gasteiger partial charge in [0, 0.05) is 25.7 Å². The molecule has 5 unspecified atom stereocenters. The topological polar surface area (TPSA) is 237 Å². The van der Waals surface area contributed by atoms with Crippen LogP contribution >= 0.6 is 15.6 Å². The highest BCUT2D eigenvalue weighted by Crippen LogP contribution is 2.45. The van der Waals surface area contributed by atoms with E-state index in [1.54, 1.807) is 0 Å². The molecule has 0 aromatic carbocycles. The molecule has 0 bridgehead atoms. The fourth-order valence-electron chi connectivity index (χ4n) is 9.58. The fourth-order valence-corrected chi connectivity index (χ4v) is 11.2. The number of phosphoric ester groups is 2. The molecule has 87 heavy (non-hydrogen) atoms. The van der Waals surface area contributed by atoms with E-state index >= 15 is 0 Å². The van der Waals surface area contributed by atoms with Gasteiger partial charge in [0.05, 0.1) is 26.4 Å². The molecule has 0 radical (unpaired) electrons. The quantitative estimate of drug-likeness (QED) is 0.0169. The lowest BCUT2D eigenvalue weighted by molar-refractivity contribution is -0.161. The molecule has 0 aliphatic carbocycles. The predicted molar refractivity (Wildman–Crippen MR) is 349 cm³/mol. The van der Waals surface area contributed by atoms with Crippen molar-refractivity contribution >= 4 is 39.5 Å². The summed E-state index contributed by atoms with van der Waals surface area (Å²) in [5.74, 6) is 0.0225. The summed E-state index contributed by atoms with van der Waals surface area (Å²) in [6.07, 6.45) is 44.0. The molecule has 512 valence electrons. The molecule has 0 aromatic rings. The van der Waals surface area contributed by atoms with E-state index in [2.05, 4.69) is 72.8 Å². The lowest BCUT2D eigenvalue weighted by atomic mass is 9.99. The van der Waals surface area contributed by atoms with Crippen LogP contribution < -0.4 is 0 Å². The number of rotatable bonds is 64. The molecular weight excluding hydrogens is 1150 g/mol. The van der Waals surface area contributed by atoms with Crippen molar-refractivity contribution in [2.24, 2.45) is 17.8 Å². The Labute approximate surface area is 529 Å². The average molecular weight is 1280 g/mol. The van der Waals surface area contributed by atoms with Crippen LogP contribution in [0.4, 0.5) is 0 Å². The number of carbonyl (C=O) groups is 4. The summed E-state index contributed by atoms with van der Waals surface area (Å²) in [7, 11) is -9.91. The van der Waals surface area contributed by atoms with Gasteiger partial charge in [-0.25, -0.2) is 9.13 Å². The monoisotopic (exact) mass is 1280 g/mol. The summed E-state index contributed by atoms with van der Waals surface area (Å²) in [5, 5.41) is 10.6. The minimum Gasteiger partial charge on any atom is -0.462 e. The number of phosphoric acid groups is 2. The number of carbonyl (C=O) groups excluding carboxylic acids is 4. The van der Waals surface area contributed by atoms with Crippen LogP contribution in [-0.2, 0) is 65.4 Å². The van der Waals surface area contributed by atoms with Gasteiger partial charge < -0.3 is 33.8 Å². The number of hydrogen-bond acceptors (Lipinski definition) is 15. The Morgan fingerprint density at radius 2 is 0.678 bits per heavy atom. The summed E-state index contributed by atoms with van der Waals surface area (Å²) in [6.45, 7) is 11.6. The van der Waals surface area contributed by atoms with Gasteiger partial charge in [0.1, 0.15) is 19.3 Å². The van der Waals surface area contributed by atoms with Crippen LogP contribution in [-0.4, -0.2) is 96.7 Å². The second-order valence-corrected chi connectivity index (χ2v) is 27.7. The number of aliphatic hydroxyl groups is 1. The number of ether oxygens (including phenoxy) is 4. The highest BCUT2D eigenvalue weighted by atomic mass is 31.2. The average Bonchev–Trinajstić information content (AvgIpc) is 3.54. The molecular formula is C68H128O17P2. The zero-order valence-corrected chi connectivity index (χ0v) is 57.7. The second kappa shape index (κ2) is 58.6. The van der Waals surface area contributed by atoms with E-state index in [4.69, 9.17) is 37.0 Å². The molecule has 0 amide bonds. The van der Waals surface area contributed by atoms with E-state index in [-0.39, 0.29) is 25.7 Å². The molecule has 17 nitrogen and oxygen atoms in total. The van der Waals surface area contributed by atoms with E-state index in [1.807, 2.05) is 0 Å². The number of unbranched alkanes of at least 4 members (excludes halogenated alkanes) is 27. The maximum atomic E-state index is 13.0. The SMILES string of the molecule is CCCCCC/C=C\C=C/CCCCCCCC(=O)OC[C@H](COP(=O)(O)OCC(O)COP(=O)(O)OC[C@@H](COC(=O)CCCCCCCCCC(C)C)OC(=O)CCCCCCCCCCC(C)CC)OC(=O)CCCCCCCCC(C)CC. The first-order valence-corrected chi connectivity index (χ1v) is 37.7. The van der Waals surface area contributed by atoms with Crippen LogP contribution in [0, 0.1) is 17.8 Å². The highest BCUT2D eigenvalue weighted by molar-refractivity contribution is 7.47. The highest BCUT2D eigenvalue weighted by Gasteiger charge is 2.30. The van der Waals surface area contributed by atoms with Crippen LogP contribution in [0.5, 0.6) is 0 Å². The van der Waals surface area contributed by atoms with Gasteiger partial charge in [-0.05, 0) is 69.1 Å². The van der Waals surface area contributed by atoms with Crippen molar-refractivity contribution in [3.05, 3.63) is 24.3 Å². The number of esters is 4. The van der Waals surface area contributed by atoms with E-state index in [9.17, 15) is 43.2 Å². The molecule has 0 rings (SSSR count). The van der Waals surface area contributed by atoms with Crippen molar-refractivity contribution < 1.29 is 80.2 Å². The number of allylic oxidation sites excluding steroid dienone is 4. The fraction of sp³-hybridized carbons (Fsp3) is 0.882. The molecule has 0 saturated heterocycles. The zero-order valence-electron chi connectivity index (χ0n) is 56.0. The summed E-state index contributed by atoms with van der Waals surface area (Å²) in [5.41, 5.74) is 0. The maximum Gasteiger partial charge on any atom is 0.472 e. The van der Waals surface area contributed by atoms with Crippen molar-refractivity contribution in [3.63, 3.8) is 0 Å². The summed E-state index contributed by atoms with van der Waals surface area (Å²) in [6, 6.07) is 0. The first-order valence-electron chi connectivity index (χ1n) is 34.7. The van der Waals surface area contributed by atoms with E-state index < -0.39 is 97.5 Å². The van der Waals surface area contributed by atoms with Crippen molar-refractivity contribution in [3.8, 4) is 0 Å². The molecule has 7 atom stereocenters. The summed E-state index contributed by atoms with van der Waals surface area (Å²) < 4.78 is 68.1. The largest absolute Gasteiger partial charge is 0.472 e. The van der Waals surface area contributed by atoms with Gasteiger partial charge >= 0.3 is 39.5 Å².